The summed E-state index contributed by atoms with van der Waals surface area (Å²) in [5.74, 6) is 0.805. The standard InChI is InChI=1S/C15H23N5/c1-10-6-12(3)20-9-14(18-15(20)17-10)8-19-5-4-13(16)7-11(19)2/h6,9,11,13H,4-5,7-8,16H2,1-3H3. The predicted octanol–water partition coefficient (Wildman–Crippen LogP) is 1.66. The van der Waals surface area contributed by atoms with Crippen LogP contribution in [0.25, 0.3) is 5.78 Å². The second-order valence-corrected chi connectivity index (χ2v) is 6.05. The largest absolute Gasteiger partial charge is 0.328 e. The summed E-state index contributed by atoms with van der Waals surface area (Å²) in [6, 6.07) is 2.97. The van der Waals surface area contributed by atoms with Crippen LogP contribution in [0.2, 0.25) is 0 Å². The lowest BCUT2D eigenvalue weighted by atomic mass is 9.99. The first-order valence-corrected chi connectivity index (χ1v) is 7.35. The molecule has 0 amide bonds. The van der Waals surface area contributed by atoms with Crippen LogP contribution in [0.1, 0.15) is 36.8 Å². The van der Waals surface area contributed by atoms with Crippen molar-refractivity contribution in [3.63, 3.8) is 0 Å². The molecule has 0 bridgehead atoms. The van der Waals surface area contributed by atoms with Crippen molar-refractivity contribution in [2.45, 2.75) is 52.2 Å². The molecule has 1 aliphatic heterocycles. The van der Waals surface area contributed by atoms with Gasteiger partial charge < -0.3 is 5.73 Å². The van der Waals surface area contributed by atoms with Crippen molar-refractivity contribution in [3.8, 4) is 0 Å². The van der Waals surface area contributed by atoms with Gasteiger partial charge in [0, 0.05) is 42.8 Å². The molecule has 2 aromatic heterocycles. The SMILES string of the molecule is Cc1cc(C)n2cc(CN3CCC(N)CC3C)nc2n1. The van der Waals surface area contributed by atoms with Gasteiger partial charge in [0.05, 0.1) is 5.69 Å². The Bertz CT molecular complexity index is 618. The van der Waals surface area contributed by atoms with Crippen LogP contribution in [0.15, 0.2) is 12.3 Å². The minimum absolute atomic E-state index is 0.355. The minimum atomic E-state index is 0.355. The maximum atomic E-state index is 6.02. The van der Waals surface area contributed by atoms with Crippen LogP contribution in [0.5, 0.6) is 0 Å². The van der Waals surface area contributed by atoms with E-state index in [0.29, 0.717) is 12.1 Å². The molecule has 2 atom stereocenters. The fraction of sp³-hybridized carbons (Fsp3) is 0.600. The van der Waals surface area contributed by atoms with Crippen molar-refractivity contribution in [2.24, 2.45) is 5.73 Å². The first kappa shape index (κ1) is 13.5. The van der Waals surface area contributed by atoms with E-state index < -0.39 is 0 Å². The van der Waals surface area contributed by atoms with Gasteiger partial charge >= 0.3 is 0 Å². The summed E-state index contributed by atoms with van der Waals surface area (Å²) in [6.07, 6.45) is 4.26. The summed E-state index contributed by atoms with van der Waals surface area (Å²) < 4.78 is 2.07. The molecular weight excluding hydrogens is 250 g/mol. The summed E-state index contributed by atoms with van der Waals surface area (Å²) in [5.41, 5.74) is 9.31. The highest BCUT2D eigenvalue weighted by Crippen LogP contribution is 2.19. The van der Waals surface area contributed by atoms with Crippen LogP contribution < -0.4 is 5.73 Å². The summed E-state index contributed by atoms with van der Waals surface area (Å²) in [6.45, 7) is 8.30. The number of hydrogen-bond donors (Lipinski definition) is 1. The number of imidazole rings is 1. The van der Waals surface area contributed by atoms with E-state index in [1.54, 1.807) is 0 Å². The number of rotatable bonds is 2. The van der Waals surface area contributed by atoms with Gasteiger partial charge in [-0.25, -0.2) is 9.97 Å². The lowest BCUT2D eigenvalue weighted by molar-refractivity contribution is 0.138. The average molecular weight is 273 g/mol. The Morgan fingerprint density at radius 3 is 2.90 bits per heavy atom. The topological polar surface area (TPSA) is 59.5 Å². The molecule has 5 heteroatoms. The lowest BCUT2D eigenvalue weighted by Gasteiger charge is -2.35. The Labute approximate surface area is 119 Å². The Morgan fingerprint density at radius 1 is 1.35 bits per heavy atom. The molecule has 1 fully saturated rings. The van der Waals surface area contributed by atoms with E-state index in [9.17, 15) is 0 Å². The van der Waals surface area contributed by atoms with Gasteiger partial charge in [-0.1, -0.05) is 0 Å². The van der Waals surface area contributed by atoms with E-state index in [4.69, 9.17) is 5.73 Å². The zero-order valence-electron chi connectivity index (χ0n) is 12.5. The Morgan fingerprint density at radius 2 is 2.15 bits per heavy atom. The molecule has 3 rings (SSSR count). The van der Waals surface area contributed by atoms with Gasteiger partial charge in [-0.15, -0.1) is 0 Å². The molecule has 3 heterocycles. The average Bonchev–Trinajstić information content (AvgIpc) is 2.75. The summed E-state index contributed by atoms with van der Waals surface area (Å²) in [5, 5.41) is 0. The van der Waals surface area contributed by atoms with E-state index in [1.165, 1.54) is 5.69 Å². The van der Waals surface area contributed by atoms with Crippen molar-refractivity contribution in [2.75, 3.05) is 6.54 Å². The third-order valence-electron chi connectivity index (χ3n) is 4.23. The first-order chi connectivity index (χ1) is 9.52. The van der Waals surface area contributed by atoms with Crippen molar-refractivity contribution in [1.29, 1.82) is 0 Å². The number of aryl methyl sites for hydroxylation is 2. The molecular formula is C15H23N5. The number of hydrogen-bond acceptors (Lipinski definition) is 4. The maximum Gasteiger partial charge on any atom is 0.234 e. The van der Waals surface area contributed by atoms with Crippen molar-refractivity contribution in [3.05, 3.63) is 29.3 Å². The molecule has 1 aliphatic rings. The number of likely N-dealkylation sites (tertiary alicyclic amines) is 1. The van der Waals surface area contributed by atoms with Gasteiger partial charge in [0.25, 0.3) is 0 Å². The normalized spacial score (nSPS) is 24.4. The molecule has 0 aromatic carbocycles. The lowest BCUT2D eigenvalue weighted by Crippen LogP contribution is -2.45. The summed E-state index contributed by atoms with van der Waals surface area (Å²) >= 11 is 0. The highest BCUT2D eigenvalue weighted by atomic mass is 15.2. The van der Waals surface area contributed by atoms with Crippen LogP contribution in [0.3, 0.4) is 0 Å². The third kappa shape index (κ3) is 2.55. The second kappa shape index (κ2) is 5.14. The van der Waals surface area contributed by atoms with Gasteiger partial charge in [-0.2, -0.15) is 0 Å². The van der Waals surface area contributed by atoms with E-state index in [0.717, 1.165) is 43.1 Å². The van der Waals surface area contributed by atoms with Gasteiger partial charge in [0.2, 0.25) is 5.78 Å². The van der Waals surface area contributed by atoms with Crippen LogP contribution >= 0.6 is 0 Å². The molecule has 5 nitrogen and oxygen atoms in total. The molecule has 0 radical (unpaired) electrons. The molecule has 0 aliphatic carbocycles. The highest BCUT2D eigenvalue weighted by Gasteiger charge is 2.23. The van der Waals surface area contributed by atoms with Gasteiger partial charge in [0.1, 0.15) is 0 Å². The molecule has 0 spiro atoms. The summed E-state index contributed by atoms with van der Waals surface area (Å²) in [7, 11) is 0. The molecule has 1 saturated heterocycles. The minimum Gasteiger partial charge on any atom is -0.328 e. The molecule has 108 valence electrons. The Balaban J connectivity index is 1.83. The monoisotopic (exact) mass is 273 g/mol. The van der Waals surface area contributed by atoms with Gasteiger partial charge in [0.15, 0.2) is 0 Å². The molecule has 20 heavy (non-hydrogen) atoms. The fourth-order valence-electron chi connectivity index (χ4n) is 3.09. The van der Waals surface area contributed by atoms with E-state index in [-0.39, 0.29) is 0 Å². The molecule has 2 N–H and O–H groups in total. The zero-order valence-corrected chi connectivity index (χ0v) is 12.5. The zero-order chi connectivity index (χ0) is 14.3. The highest BCUT2D eigenvalue weighted by molar-refractivity contribution is 5.34. The number of piperidine rings is 1. The molecule has 2 aromatic rings. The van der Waals surface area contributed by atoms with Crippen molar-refractivity contribution in [1.82, 2.24) is 19.3 Å². The number of fused-ring (bicyclic) bond motifs is 1. The number of nitrogens with two attached hydrogens (primary N) is 1. The van der Waals surface area contributed by atoms with Crippen LogP contribution in [-0.4, -0.2) is 37.9 Å². The smallest absolute Gasteiger partial charge is 0.234 e. The quantitative estimate of drug-likeness (QED) is 0.904. The maximum absolute atomic E-state index is 6.02. The molecule has 2 unspecified atom stereocenters. The number of nitrogens with zero attached hydrogens (tertiary/aromatic N) is 4. The third-order valence-corrected chi connectivity index (χ3v) is 4.23. The second-order valence-electron chi connectivity index (χ2n) is 6.05. The fourth-order valence-corrected chi connectivity index (χ4v) is 3.09. The van der Waals surface area contributed by atoms with Crippen LogP contribution in [-0.2, 0) is 6.54 Å². The Hall–Kier alpha value is -1.46. The Kier molecular flexibility index (Phi) is 3.48. The van der Waals surface area contributed by atoms with E-state index in [1.807, 2.05) is 6.92 Å². The van der Waals surface area contributed by atoms with Crippen LogP contribution in [0, 0.1) is 13.8 Å². The first-order valence-electron chi connectivity index (χ1n) is 7.35. The molecule has 0 saturated carbocycles. The van der Waals surface area contributed by atoms with Crippen molar-refractivity contribution < 1.29 is 0 Å². The number of aromatic nitrogens is 3. The van der Waals surface area contributed by atoms with Gasteiger partial charge in [-0.05, 0) is 39.7 Å². The van der Waals surface area contributed by atoms with E-state index >= 15 is 0 Å². The van der Waals surface area contributed by atoms with Crippen molar-refractivity contribution >= 4 is 5.78 Å². The summed E-state index contributed by atoms with van der Waals surface area (Å²) in [4.78, 5) is 11.6. The predicted molar refractivity (Wildman–Crippen MR) is 79.5 cm³/mol. The van der Waals surface area contributed by atoms with Crippen LogP contribution in [0.4, 0.5) is 0 Å². The van der Waals surface area contributed by atoms with Gasteiger partial charge in [-0.3, -0.25) is 9.30 Å². The van der Waals surface area contributed by atoms with E-state index in [2.05, 4.69) is 45.4 Å².